The first-order valence-electron chi connectivity index (χ1n) is 8.38. The van der Waals surface area contributed by atoms with Gasteiger partial charge in [0.1, 0.15) is 0 Å². The Bertz CT molecular complexity index is 366. The summed E-state index contributed by atoms with van der Waals surface area (Å²) in [6.45, 7) is 3.79. The van der Waals surface area contributed by atoms with Crippen LogP contribution in [-0.4, -0.2) is 25.8 Å². The van der Waals surface area contributed by atoms with E-state index in [2.05, 4.69) is 6.92 Å². The highest BCUT2D eigenvalue weighted by Crippen LogP contribution is 2.11. The van der Waals surface area contributed by atoms with Gasteiger partial charge in [-0.05, 0) is 6.42 Å². The third-order valence-corrected chi connectivity index (χ3v) is 5.72. The number of unbranched alkanes of at least 4 members (excludes halogenated alkanes) is 9. The number of amides is 1. The van der Waals surface area contributed by atoms with E-state index in [-0.39, 0.29) is 11.5 Å². The third kappa shape index (κ3) is 12.8. The molecular formula is C16H33NO3S. The van der Waals surface area contributed by atoms with Crippen molar-refractivity contribution in [1.82, 2.24) is 0 Å². The van der Waals surface area contributed by atoms with Gasteiger partial charge in [0.15, 0.2) is 9.84 Å². The SMILES string of the molecule is CCCCCCCCCCCCS(=O)(=O)C[C@@H](C)C(N)=O. The average Bonchev–Trinajstić information content (AvgIpc) is 2.40. The summed E-state index contributed by atoms with van der Waals surface area (Å²) in [4.78, 5) is 10.9. The quantitative estimate of drug-likeness (QED) is 0.498. The Morgan fingerprint density at radius 3 is 1.76 bits per heavy atom. The fourth-order valence-corrected chi connectivity index (χ4v) is 4.09. The zero-order valence-corrected chi connectivity index (χ0v) is 14.6. The lowest BCUT2D eigenvalue weighted by Crippen LogP contribution is -2.28. The molecule has 0 aromatic carbocycles. The molecule has 1 amide bonds. The highest BCUT2D eigenvalue weighted by molar-refractivity contribution is 7.91. The number of carbonyl (C=O) groups is 1. The summed E-state index contributed by atoms with van der Waals surface area (Å²) >= 11 is 0. The van der Waals surface area contributed by atoms with E-state index in [1.807, 2.05) is 0 Å². The van der Waals surface area contributed by atoms with Crippen LogP contribution in [0.5, 0.6) is 0 Å². The topological polar surface area (TPSA) is 77.2 Å². The molecule has 4 nitrogen and oxygen atoms in total. The smallest absolute Gasteiger partial charge is 0.221 e. The van der Waals surface area contributed by atoms with E-state index in [0.717, 1.165) is 12.8 Å². The van der Waals surface area contributed by atoms with Crippen LogP contribution >= 0.6 is 0 Å². The van der Waals surface area contributed by atoms with E-state index in [0.29, 0.717) is 6.42 Å². The fourth-order valence-electron chi connectivity index (χ4n) is 2.36. The number of primary amides is 1. The van der Waals surface area contributed by atoms with Crippen molar-refractivity contribution in [3.63, 3.8) is 0 Å². The molecule has 5 heteroatoms. The Hall–Kier alpha value is -0.580. The monoisotopic (exact) mass is 319 g/mol. The molecule has 21 heavy (non-hydrogen) atoms. The normalized spacial score (nSPS) is 13.2. The summed E-state index contributed by atoms with van der Waals surface area (Å²) in [5.74, 6) is -1.05. The highest BCUT2D eigenvalue weighted by atomic mass is 32.2. The minimum Gasteiger partial charge on any atom is -0.369 e. The fraction of sp³-hybridized carbons (Fsp3) is 0.938. The van der Waals surface area contributed by atoms with Crippen molar-refractivity contribution in [2.75, 3.05) is 11.5 Å². The van der Waals surface area contributed by atoms with Gasteiger partial charge in [-0.15, -0.1) is 0 Å². The van der Waals surface area contributed by atoms with Gasteiger partial charge in [0.25, 0.3) is 0 Å². The molecular weight excluding hydrogens is 286 g/mol. The average molecular weight is 320 g/mol. The maximum absolute atomic E-state index is 11.8. The molecule has 0 aliphatic carbocycles. The van der Waals surface area contributed by atoms with Crippen molar-refractivity contribution in [3.8, 4) is 0 Å². The molecule has 0 saturated heterocycles. The molecule has 0 radical (unpaired) electrons. The third-order valence-electron chi connectivity index (χ3n) is 3.80. The van der Waals surface area contributed by atoms with Gasteiger partial charge in [-0.2, -0.15) is 0 Å². The Morgan fingerprint density at radius 2 is 1.33 bits per heavy atom. The zero-order chi connectivity index (χ0) is 16.1. The van der Waals surface area contributed by atoms with E-state index in [4.69, 9.17) is 5.73 Å². The predicted molar refractivity (Wildman–Crippen MR) is 88.9 cm³/mol. The summed E-state index contributed by atoms with van der Waals surface area (Å²) in [5, 5.41) is 0. The lowest BCUT2D eigenvalue weighted by Gasteiger charge is -2.08. The Morgan fingerprint density at radius 1 is 0.905 bits per heavy atom. The van der Waals surface area contributed by atoms with Crippen molar-refractivity contribution in [2.45, 2.75) is 78.1 Å². The lowest BCUT2D eigenvalue weighted by molar-refractivity contribution is -0.120. The first kappa shape index (κ1) is 20.4. The Labute approximate surface area is 130 Å². The summed E-state index contributed by atoms with van der Waals surface area (Å²) in [6.07, 6.45) is 11.8. The van der Waals surface area contributed by atoms with Crippen molar-refractivity contribution < 1.29 is 13.2 Å². The van der Waals surface area contributed by atoms with Gasteiger partial charge in [0.2, 0.25) is 5.91 Å². The molecule has 0 fully saturated rings. The first-order valence-corrected chi connectivity index (χ1v) is 10.2. The standard InChI is InChI=1S/C16H33NO3S/c1-3-4-5-6-7-8-9-10-11-12-13-21(19,20)14-15(2)16(17)18/h15H,3-14H2,1-2H3,(H2,17,18)/t15-/m1/s1. The molecule has 0 aliphatic rings. The van der Waals surface area contributed by atoms with Crippen LogP contribution in [0, 0.1) is 5.92 Å². The number of hydrogen-bond acceptors (Lipinski definition) is 3. The van der Waals surface area contributed by atoms with Gasteiger partial charge in [-0.25, -0.2) is 8.42 Å². The zero-order valence-electron chi connectivity index (χ0n) is 13.8. The van der Waals surface area contributed by atoms with E-state index >= 15 is 0 Å². The van der Waals surface area contributed by atoms with E-state index in [9.17, 15) is 13.2 Å². The minimum absolute atomic E-state index is 0.111. The molecule has 2 N–H and O–H groups in total. The molecule has 0 heterocycles. The minimum atomic E-state index is -3.13. The molecule has 0 saturated carbocycles. The molecule has 0 unspecified atom stereocenters. The van der Waals surface area contributed by atoms with Crippen molar-refractivity contribution >= 4 is 15.7 Å². The summed E-state index contributed by atoms with van der Waals surface area (Å²) < 4.78 is 23.5. The predicted octanol–water partition coefficient (Wildman–Crippen LogP) is 3.44. The number of nitrogens with two attached hydrogens (primary N) is 1. The number of hydrogen-bond donors (Lipinski definition) is 1. The van der Waals surface area contributed by atoms with Gasteiger partial charge < -0.3 is 5.73 Å². The van der Waals surface area contributed by atoms with Gasteiger partial charge in [0.05, 0.1) is 11.5 Å². The van der Waals surface area contributed by atoms with Gasteiger partial charge in [-0.1, -0.05) is 71.6 Å². The Balaban J connectivity index is 3.51. The summed E-state index contributed by atoms with van der Waals surface area (Å²) in [7, 11) is -3.13. The van der Waals surface area contributed by atoms with Gasteiger partial charge in [-0.3, -0.25) is 4.79 Å². The maximum atomic E-state index is 11.8. The molecule has 0 aliphatic heterocycles. The van der Waals surface area contributed by atoms with Crippen LogP contribution in [0.25, 0.3) is 0 Å². The molecule has 0 bridgehead atoms. The van der Waals surface area contributed by atoms with Crippen LogP contribution in [0.3, 0.4) is 0 Å². The van der Waals surface area contributed by atoms with E-state index in [1.165, 1.54) is 44.9 Å². The molecule has 1 atom stereocenters. The molecule has 0 aromatic heterocycles. The molecule has 0 spiro atoms. The second-order valence-corrected chi connectivity index (χ2v) is 8.33. The molecule has 0 aromatic rings. The van der Waals surface area contributed by atoms with Crippen molar-refractivity contribution in [3.05, 3.63) is 0 Å². The molecule has 126 valence electrons. The van der Waals surface area contributed by atoms with E-state index in [1.54, 1.807) is 6.92 Å². The van der Waals surface area contributed by atoms with Crippen LogP contribution in [-0.2, 0) is 14.6 Å². The molecule has 0 rings (SSSR count). The number of sulfone groups is 1. The lowest BCUT2D eigenvalue weighted by atomic mass is 10.1. The number of rotatable bonds is 14. The van der Waals surface area contributed by atoms with Crippen molar-refractivity contribution in [1.29, 1.82) is 0 Å². The maximum Gasteiger partial charge on any atom is 0.221 e. The van der Waals surface area contributed by atoms with Crippen LogP contribution in [0.4, 0.5) is 0 Å². The van der Waals surface area contributed by atoms with Crippen LogP contribution in [0.1, 0.15) is 78.1 Å². The summed E-state index contributed by atoms with van der Waals surface area (Å²) in [5.41, 5.74) is 5.09. The number of carbonyl (C=O) groups excluding carboxylic acids is 1. The Kier molecular flexibility index (Phi) is 11.7. The largest absolute Gasteiger partial charge is 0.369 e. The first-order chi connectivity index (χ1) is 9.89. The van der Waals surface area contributed by atoms with Gasteiger partial charge >= 0.3 is 0 Å². The second-order valence-electron chi connectivity index (χ2n) is 6.10. The van der Waals surface area contributed by atoms with Gasteiger partial charge in [0, 0.05) is 5.92 Å². The highest BCUT2D eigenvalue weighted by Gasteiger charge is 2.19. The van der Waals surface area contributed by atoms with Crippen molar-refractivity contribution in [2.24, 2.45) is 11.7 Å². The van der Waals surface area contributed by atoms with Crippen LogP contribution < -0.4 is 5.73 Å². The van der Waals surface area contributed by atoms with Crippen LogP contribution in [0.2, 0.25) is 0 Å². The van der Waals surface area contributed by atoms with E-state index < -0.39 is 21.7 Å². The summed E-state index contributed by atoms with van der Waals surface area (Å²) in [6, 6.07) is 0. The van der Waals surface area contributed by atoms with Crippen LogP contribution in [0.15, 0.2) is 0 Å². The second kappa shape index (κ2) is 12.0.